The number of benzene rings is 1. The molecular formula is C15H20O4. The molecule has 0 amide bonds. The molecule has 1 aliphatic carbocycles. The molecular weight excluding hydrogens is 244 g/mol. The van der Waals surface area contributed by atoms with Crippen LogP contribution in [0.2, 0.25) is 0 Å². The lowest BCUT2D eigenvalue weighted by Gasteiger charge is -2.18. The van der Waals surface area contributed by atoms with Gasteiger partial charge in [0.2, 0.25) is 0 Å². The third kappa shape index (κ3) is 3.19. The minimum atomic E-state index is -0.522. The van der Waals surface area contributed by atoms with Crippen molar-refractivity contribution in [1.82, 2.24) is 0 Å². The summed E-state index contributed by atoms with van der Waals surface area (Å²) >= 11 is 0. The number of rotatable bonds is 6. The molecule has 104 valence electrons. The van der Waals surface area contributed by atoms with Gasteiger partial charge in [-0.25, -0.2) is 4.79 Å². The number of carbonyl (C=O) groups is 1. The van der Waals surface area contributed by atoms with Gasteiger partial charge in [0.15, 0.2) is 17.6 Å². The van der Waals surface area contributed by atoms with Crippen LogP contribution in [0.5, 0.6) is 11.5 Å². The van der Waals surface area contributed by atoms with Crippen molar-refractivity contribution in [2.24, 2.45) is 5.92 Å². The summed E-state index contributed by atoms with van der Waals surface area (Å²) in [5, 5.41) is 0. The molecule has 1 aromatic carbocycles. The van der Waals surface area contributed by atoms with E-state index in [0.29, 0.717) is 11.5 Å². The van der Waals surface area contributed by atoms with Gasteiger partial charge in [-0.05, 0) is 37.0 Å². The Morgan fingerprint density at radius 2 is 2.05 bits per heavy atom. The first-order valence-corrected chi connectivity index (χ1v) is 6.61. The van der Waals surface area contributed by atoms with Gasteiger partial charge in [-0.2, -0.15) is 0 Å². The number of ether oxygens (including phenoxy) is 3. The first kappa shape index (κ1) is 13.7. The highest BCUT2D eigenvalue weighted by molar-refractivity contribution is 5.76. The van der Waals surface area contributed by atoms with Gasteiger partial charge in [0.1, 0.15) is 0 Å². The van der Waals surface area contributed by atoms with Crippen LogP contribution in [0, 0.1) is 5.92 Å². The van der Waals surface area contributed by atoms with E-state index in [2.05, 4.69) is 6.92 Å². The molecule has 2 rings (SSSR count). The minimum Gasteiger partial charge on any atom is -0.493 e. The molecule has 0 bridgehead atoms. The molecule has 1 aliphatic rings. The lowest BCUT2D eigenvalue weighted by atomic mass is 10.1. The Balaban J connectivity index is 2.18. The first-order valence-electron chi connectivity index (χ1n) is 6.61. The van der Waals surface area contributed by atoms with E-state index in [1.165, 1.54) is 12.7 Å². The van der Waals surface area contributed by atoms with E-state index in [-0.39, 0.29) is 11.9 Å². The van der Waals surface area contributed by atoms with E-state index in [1.54, 1.807) is 7.11 Å². The van der Waals surface area contributed by atoms with Gasteiger partial charge in [0.05, 0.1) is 14.2 Å². The van der Waals surface area contributed by atoms with Crippen molar-refractivity contribution in [3.05, 3.63) is 23.8 Å². The Kier molecular flexibility index (Phi) is 4.30. The minimum absolute atomic E-state index is 0.267. The first-order chi connectivity index (χ1) is 9.19. The lowest BCUT2D eigenvalue weighted by Crippen LogP contribution is -2.30. The molecule has 1 saturated carbocycles. The summed E-state index contributed by atoms with van der Waals surface area (Å²) in [6.45, 7) is 2.08. The van der Waals surface area contributed by atoms with Crippen LogP contribution in [-0.2, 0) is 16.0 Å². The molecule has 1 fully saturated rings. The van der Waals surface area contributed by atoms with Crippen LogP contribution in [0.25, 0.3) is 0 Å². The second-order valence-electron chi connectivity index (χ2n) is 4.74. The van der Waals surface area contributed by atoms with Gasteiger partial charge in [-0.3, -0.25) is 0 Å². The van der Waals surface area contributed by atoms with Gasteiger partial charge >= 0.3 is 5.97 Å². The van der Waals surface area contributed by atoms with E-state index in [1.807, 2.05) is 18.2 Å². The van der Waals surface area contributed by atoms with E-state index in [4.69, 9.17) is 14.2 Å². The van der Waals surface area contributed by atoms with Crippen molar-refractivity contribution < 1.29 is 19.0 Å². The highest BCUT2D eigenvalue weighted by Gasteiger charge is 2.39. The fourth-order valence-corrected chi connectivity index (χ4v) is 2.02. The zero-order valence-electron chi connectivity index (χ0n) is 11.6. The van der Waals surface area contributed by atoms with E-state index < -0.39 is 6.10 Å². The van der Waals surface area contributed by atoms with Crippen molar-refractivity contribution in [1.29, 1.82) is 0 Å². The van der Waals surface area contributed by atoms with Crippen molar-refractivity contribution >= 4 is 5.97 Å². The lowest BCUT2D eigenvalue weighted by molar-refractivity contribution is -0.149. The number of carbonyl (C=O) groups excluding carboxylic acids is 1. The fraction of sp³-hybridized carbons (Fsp3) is 0.533. The molecule has 0 saturated heterocycles. The zero-order valence-corrected chi connectivity index (χ0v) is 11.6. The number of aryl methyl sites for hydroxylation is 1. The molecule has 19 heavy (non-hydrogen) atoms. The topological polar surface area (TPSA) is 44.8 Å². The molecule has 0 aromatic heterocycles. The van der Waals surface area contributed by atoms with Gasteiger partial charge in [0.25, 0.3) is 0 Å². The van der Waals surface area contributed by atoms with Crippen LogP contribution in [0.15, 0.2) is 18.2 Å². The number of methoxy groups -OCH3 is 2. The molecule has 0 heterocycles. The number of esters is 1. The average molecular weight is 264 g/mol. The quantitative estimate of drug-likeness (QED) is 0.741. The van der Waals surface area contributed by atoms with Gasteiger partial charge in [-0.15, -0.1) is 0 Å². The molecule has 4 heteroatoms. The number of hydrogen-bond donors (Lipinski definition) is 0. The van der Waals surface area contributed by atoms with Gasteiger partial charge in [0, 0.05) is 5.92 Å². The Bertz CT molecular complexity index is 451. The largest absolute Gasteiger partial charge is 0.493 e. The van der Waals surface area contributed by atoms with Gasteiger partial charge < -0.3 is 14.2 Å². The standard InChI is InChI=1S/C15H20O4/c1-4-10-5-8-12(13(9-10)17-2)19-14(11-6-7-11)15(16)18-3/h5,8-9,11,14H,4,6-7H2,1-3H3. The van der Waals surface area contributed by atoms with E-state index in [0.717, 1.165) is 19.3 Å². The van der Waals surface area contributed by atoms with Crippen molar-refractivity contribution in [3.8, 4) is 11.5 Å². The molecule has 0 radical (unpaired) electrons. The maximum atomic E-state index is 11.7. The summed E-state index contributed by atoms with van der Waals surface area (Å²) in [5.74, 6) is 1.21. The average Bonchev–Trinajstić information content (AvgIpc) is 3.28. The normalized spacial score (nSPS) is 15.7. The third-order valence-electron chi connectivity index (χ3n) is 3.37. The second kappa shape index (κ2) is 5.95. The SMILES string of the molecule is CCc1ccc(OC(C(=O)OC)C2CC2)c(OC)c1. The predicted octanol–water partition coefficient (Wildman–Crippen LogP) is 2.59. The zero-order chi connectivity index (χ0) is 13.8. The molecule has 1 aromatic rings. The second-order valence-corrected chi connectivity index (χ2v) is 4.74. The van der Waals surface area contributed by atoms with Crippen LogP contribution < -0.4 is 9.47 Å². The summed E-state index contributed by atoms with van der Waals surface area (Å²) < 4.78 is 15.9. The monoisotopic (exact) mass is 264 g/mol. The van der Waals surface area contributed by atoms with Crippen molar-refractivity contribution in [2.45, 2.75) is 32.3 Å². The summed E-state index contributed by atoms with van der Waals surface area (Å²) in [6, 6.07) is 5.78. The predicted molar refractivity (Wildman–Crippen MR) is 71.5 cm³/mol. The van der Waals surface area contributed by atoms with Crippen molar-refractivity contribution in [3.63, 3.8) is 0 Å². The van der Waals surface area contributed by atoms with Crippen molar-refractivity contribution in [2.75, 3.05) is 14.2 Å². The van der Waals surface area contributed by atoms with Crippen LogP contribution in [0.1, 0.15) is 25.3 Å². The maximum absolute atomic E-state index is 11.7. The van der Waals surface area contributed by atoms with Crippen LogP contribution in [0.4, 0.5) is 0 Å². The molecule has 1 atom stereocenters. The molecule has 0 N–H and O–H groups in total. The third-order valence-corrected chi connectivity index (χ3v) is 3.37. The number of hydrogen-bond acceptors (Lipinski definition) is 4. The highest BCUT2D eigenvalue weighted by Crippen LogP contribution is 2.38. The fourth-order valence-electron chi connectivity index (χ4n) is 2.02. The van der Waals surface area contributed by atoms with Crippen LogP contribution >= 0.6 is 0 Å². The van der Waals surface area contributed by atoms with Crippen LogP contribution in [0.3, 0.4) is 0 Å². The summed E-state index contributed by atoms with van der Waals surface area (Å²) in [7, 11) is 2.99. The van der Waals surface area contributed by atoms with Gasteiger partial charge in [-0.1, -0.05) is 13.0 Å². The van der Waals surface area contributed by atoms with E-state index >= 15 is 0 Å². The Morgan fingerprint density at radius 3 is 2.58 bits per heavy atom. The Morgan fingerprint density at radius 1 is 1.32 bits per heavy atom. The summed E-state index contributed by atoms with van der Waals surface area (Å²) in [5.41, 5.74) is 1.17. The smallest absolute Gasteiger partial charge is 0.347 e. The van der Waals surface area contributed by atoms with E-state index in [9.17, 15) is 4.79 Å². The van der Waals surface area contributed by atoms with Crippen LogP contribution in [-0.4, -0.2) is 26.3 Å². The maximum Gasteiger partial charge on any atom is 0.347 e. The summed E-state index contributed by atoms with van der Waals surface area (Å²) in [4.78, 5) is 11.7. The Labute approximate surface area is 113 Å². The molecule has 4 nitrogen and oxygen atoms in total. The molecule has 0 aliphatic heterocycles. The Hall–Kier alpha value is -1.71. The molecule has 0 spiro atoms. The molecule has 1 unspecified atom stereocenters. The summed E-state index contributed by atoms with van der Waals surface area (Å²) in [6.07, 6.45) is 2.43. The highest BCUT2D eigenvalue weighted by atomic mass is 16.6.